The van der Waals surface area contributed by atoms with Gasteiger partial charge in [-0.1, -0.05) is 222 Å². The van der Waals surface area contributed by atoms with Crippen molar-refractivity contribution in [2.75, 3.05) is 13.2 Å². The highest BCUT2D eigenvalue weighted by molar-refractivity contribution is 7.27. The number of halogens is 2. The Morgan fingerprint density at radius 2 is 0.911 bits per heavy atom. The van der Waals surface area contributed by atoms with Crippen LogP contribution in [0.15, 0.2) is 95.7 Å². The molecule has 5 heterocycles. The Labute approximate surface area is 499 Å². The highest BCUT2D eigenvalue weighted by Gasteiger charge is 2.45. The number of thiophene rings is 4. The van der Waals surface area contributed by atoms with Crippen molar-refractivity contribution in [2.24, 2.45) is 0 Å². The molecule has 0 N–H and O–H groups in total. The van der Waals surface area contributed by atoms with Gasteiger partial charge in [0.25, 0.3) is 0 Å². The summed E-state index contributed by atoms with van der Waals surface area (Å²) in [6.07, 6.45) is 32.8. The monoisotopic (exact) mass is 1170 g/mol. The number of aromatic nitrogens is 2. The van der Waals surface area contributed by atoms with Crippen molar-refractivity contribution in [1.82, 2.24) is 9.97 Å². The molecule has 9 rings (SSSR count). The number of rotatable bonds is 35. The summed E-state index contributed by atoms with van der Waals surface area (Å²) >= 11 is 22.6. The molecule has 0 aliphatic heterocycles. The van der Waals surface area contributed by atoms with E-state index in [0.717, 1.165) is 78.8 Å². The fraction of sp³-hybridized carbons (Fsp3) is 0.478. The molecule has 10 heteroatoms. The number of benzene rings is 3. The highest BCUT2D eigenvalue weighted by Crippen LogP contribution is 2.61. The lowest BCUT2D eigenvalue weighted by Gasteiger charge is -2.31. The summed E-state index contributed by atoms with van der Waals surface area (Å²) in [4.78, 5) is 19.0. The predicted molar refractivity (Wildman–Crippen MR) is 348 cm³/mol. The molecule has 0 saturated heterocycles. The predicted octanol–water partition coefficient (Wildman–Crippen LogP) is 24.8. The molecule has 1 aliphatic rings. The number of hydrogen-bond acceptors (Lipinski definition) is 8. The molecule has 0 bridgehead atoms. The van der Waals surface area contributed by atoms with E-state index in [-0.39, 0.29) is 5.41 Å². The van der Waals surface area contributed by atoms with E-state index in [4.69, 9.17) is 42.6 Å². The topological polar surface area (TPSA) is 44.2 Å². The molecule has 79 heavy (non-hydrogen) atoms. The first kappa shape index (κ1) is 59.6. The van der Waals surface area contributed by atoms with Crippen LogP contribution in [0.5, 0.6) is 11.5 Å². The van der Waals surface area contributed by atoms with E-state index in [1.54, 1.807) is 33.8 Å². The van der Waals surface area contributed by atoms with E-state index in [9.17, 15) is 0 Å². The van der Waals surface area contributed by atoms with Gasteiger partial charge in [-0.3, -0.25) is 0 Å². The van der Waals surface area contributed by atoms with Gasteiger partial charge in [0, 0.05) is 56.9 Å². The first-order valence-electron chi connectivity index (χ1n) is 30.4. The Hall–Kier alpha value is -4.02. The quantitative estimate of drug-likeness (QED) is 0.0371. The van der Waals surface area contributed by atoms with Crippen molar-refractivity contribution in [3.05, 3.63) is 117 Å². The van der Waals surface area contributed by atoms with E-state index >= 15 is 0 Å². The third-order valence-corrected chi connectivity index (χ3v) is 21.4. The number of hydrogen-bond donors (Lipinski definition) is 0. The second-order valence-corrected chi connectivity index (χ2v) is 26.8. The molecule has 1 aliphatic carbocycles. The molecule has 0 radical (unpaired) electrons. The third-order valence-electron chi connectivity index (χ3n) is 16.2. The summed E-state index contributed by atoms with van der Waals surface area (Å²) in [6.45, 7) is 10.5. The second kappa shape index (κ2) is 30.3. The molecule has 0 amide bonds. The number of nitrogens with zero attached hydrogens (tertiary/aromatic N) is 2. The van der Waals surface area contributed by atoms with Crippen LogP contribution in [0.1, 0.15) is 206 Å². The fourth-order valence-electron chi connectivity index (χ4n) is 11.8. The van der Waals surface area contributed by atoms with Crippen molar-refractivity contribution in [1.29, 1.82) is 0 Å². The van der Waals surface area contributed by atoms with Gasteiger partial charge in [-0.15, -0.1) is 45.3 Å². The summed E-state index contributed by atoms with van der Waals surface area (Å²) in [7, 11) is 0. The summed E-state index contributed by atoms with van der Waals surface area (Å²) < 4.78 is 12.9. The van der Waals surface area contributed by atoms with Crippen LogP contribution in [0, 0.1) is 0 Å². The molecule has 0 fully saturated rings. The largest absolute Gasteiger partial charge is 0.494 e. The van der Waals surface area contributed by atoms with Crippen LogP contribution in [0.25, 0.3) is 73.9 Å². The standard InChI is InChI=1S/C69H84Cl2N2O2S4/c1-5-9-13-17-21-25-40-69(41-26-22-18-14-10-6-2)53-39-45-77-67(53)68-54(69)48-58(79-68)55-37-38-57(78-55)60-62(71)61(70)59(56-36-31-44-76-56)65-66(60)73-64(50-33-30-35-52(47-50)75-43-28-24-20-16-12-8-4)63(72-65)49-32-29-34-51(46-49)74-42-27-23-19-15-11-7-3/h29-39,44-48H,5-28,40-43H2,1-4H3. The normalized spacial score (nSPS) is 12.7. The van der Waals surface area contributed by atoms with Crippen LogP contribution in [0.3, 0.4) is 0 Å². The lowest BCUT2D eigenvalue weighted by molar-refractivity contribution is 0.304. The van der Waals surface area contributed by atoms with Gasteiger partial charge < -0.3 is 9.47 Å². The molecule has 4 nitrogen and oxygen atoms in total. The maximum Gasteiger partial charge on any atom is 0.119 e. The van der Waals surface area contributed by atoms with Crippen LogP contribution in [0.4, 0.5) is 0 Å². The van der Waals surface area contributed by atoms with Crippen LogP contribution in [0.2, 0.25) is 10.0 Å². The zero-order valence-corrected chi connectivity index (χ0v) is 52.4. The minimum absolute atomic E-state index is 0.0689. The first-order chi connectivity index (χ1) is 38.9. The minimum atomic E-state index is 0.0689. The van der Waals surface area contributed by atoms with Crippen molar-refractivity contribution < 1.29 is 9.47 Å². The third kappa shape index (κ3) is 14.6. The van der Waals surface area contributed by atoms with Gasteiger partial charge in [0.1, 0.15) is 22.5 Å². The zero-order valence-electron chi connectivity index (χ0n) is 47.6. The summed E-state index contributed by atoms with van der Waals surface area (Å²) in [5.74, 6) is 1.65. The molecule has 0 atom stereocenters. The molecule has 5 aromatic heterocycles. The zero-order chi connectivity index (χ0) is 54.8. The second-order valence-electron chi connectivity index (χ2n) is 22.1. The molecule has 0 unspecified atom stereocenters. The molecule has 8 aromatic rings. The molecular weight excluding hydrogens is 1090 g/mol. The maximum absolute atomic E-state index is 7.69. The van der Waals surface area contributed by atoms with Gasteiger partial charge in [0.05, 0.1) is 34.6 Å². The maximum atomic E-state index is 7.69. The van der Waals surface area contributed by atoms with Gasteiger partial charge in [-0.25, -0.2) is 9.97 Å². The highest BCUT2D eigenvalue weighted by atomic mass is 35.5. The molecule has 0 spiro atoms. The summed E-state index contributed by atoms with van der Waals surface area (Å²) in [5, 5.41) is 5.42. The Kier molecular flexibility index (Phi) is 22.9. The van der Waals surface area contributed by atoms with E-state index in [2.05, 4.69) is 123 Å². The summed E-state index contributed by atoms with van der Waals surface area (Å²) in [6, 6.07) is 30.5. The average Bonchev–Trinajstić information content (AvgIpc) is 4.55. The van der Waals surface area contributed by atoms with E-state index in [1.165, 1.54) is 174 Å². The van der Waals surface area contributed by atoms with E-state index in [0.29, 0.717) is 23.3 Å². The fourth-order valence-corrected chi connectivity index (χ4v) is 16.9. The van der Waals surface area contributed by atoms with Crippen LogP contribution in [-0.4, -0.2) is 23.2 Å². The van der Waals surface area contributed by atoms with Crippen molar-refractivity contribution in [3.8, 4) is 74.4 Å². The van der Waals surface area contributed by atoms with Crippen molar-refractivity contribution >= 4 is 79.6 Å². The van der Waals surface area contributed by atoms with Crippen LogP contribution >= 0.6 is 68.5 Å². The number of ether oxygens (including phenoxy) is 2. The van der Waals surface area contributed by atoms with Crippen LogP contribution in [-0.2, 0) is 5.41 Å². The lowest BCUT2D eigenvalue weighted by Crippen LogP contribution is -2.24. The average molecular weight is 1170 g/mol. The first-order valence-corrected chi connectivity index (χ1v) is 34.6. The van der Waals surface area contributed by atoms with E-state index < -0.39 is 0 Å². The number of fused-ring (bicyclic) bond motifs is 4. The van der Waals surface area contributed by atoms with Gasteiger partial charge in [0.2, 0.25) is 0 Å². The number of unbranched alkanes of at least 4 members (excludes halogenated alkanes) is 20. The van der Waals surface area contributed by atoms with Gasteiger partial charge in [-0.05, 0) is 102 Å². The summed E-state index contributed by atoms with van der Waals surface area (Å²) in [5.41, 5.74) is 9.67. The van der Waals surface area contributed by atoms with E-state index in [1.807, 2.05) is 22.7 Å². The molecular formula is C69H84Cl2N2O2S4. The Morgan fingerprint density at radius 3 is 1.43 bits per heavy atom. The van der Waals surface area contributed by atoms with Crippen molar-refractivity contribution in [3.63, 3.8) is 0 Å². The van der Waals surface area contributed by atoms with Gasteiger partial charge >= 0.3 is 0 Å². The van der Waals surface area contributed by atoms with Gasteiger partial charge in [0.15, 0.2) is 0 Å². The SMILES string of the molecule is CCCCCCCCOc1cccc(-c2nc3c(-c4cccs4)c(Cl)c(Cl)c(-c4ccc(-c5cc6c(s5)-c5sccc5C6(CCCCCCCC)CCCCCCCC)s4)c3nc2-c2cccc(OCCCCCCCC)c2)c1. The molecule has 0 saturated carbocycles. The molecule has 420 valence electrons. The Bertz CT molecular complexity index is 3130. The van der Waals surface area contributed by atoms with Crippen molar-refractivity contribution in [2.45, 2.75) is 200 Å². The molecule has 3 aromatic carbocycles. The minimum Gasteiger partial charge on any atom is -0.494 e. The Morgan fingerprint density at radius 1 is 0.418 bits per heavy atom. The van der Waals surface area contributed by atoms with Crippen LogP contribution < -0.4 is 9.47 Å². The lowest BCUT2D eigenvalue weighted by atomic mass is 9.71. The Balaban J connectivity index is 1.12. The van der Waals surface area contributed by atoms with Gasteiger partial charge in [-0.2, -0.15) is 0 Å². The smallest absolute Gasteiger partial charge is 0.119 e.